The van der Waals surface area contributed by atoms with Crippen LogP contribution in [0.2, 0.25) is 0 Å². The number of thiol groups is 1. The van der Waals surface area contributed by atoms with Crippen LogP contribution in [0.4, 0.5) is 0 Å². The zero-order chi connectivity index (χ0) is 7.98. The van der Waals surface area contributed by atoms with Gasteiger partial charge in [-0.2, -0.15) is 0 Å². The van der Waals surface area contributed by atoms with Crippen molar-refractivity contribution >= 4 is 80.6 Å². The predicted molar refractivity (Wildman–Crippen MR) is 60.7 cm³/mol. The van der Waals surface area contributed by atoms with Gasteiger partial charge in [-0.25, -0.2) is 0 Å². The van der Waals surface area contributed by atoms with Crippen LogP contribution >= 0.6 is 24.8 Å². The zero-order valence-corrected chi connectivity index (χ0v) is 7.50. The Labute approximate surface area is 122 Å². The first-order valence-electron chi connectivity index (χ1n) is 2.92. The third-order valence-electron chi connectivity index (χ3n) is 0.969. The van der Waals surface area contributed by atoms with Crippen molar-refractivity contribution in [3.8, 4) is 0 Å². The van der Waals surface area contributed by atoms with Crippen LogP contribution in [0.15, 0.2) is 25.3 Å². The summed E-state index contributed by atoms with van der Waals surface area (Å²) in [6.45, 7) is 8.65. The summed E-state index contributed by atoms with van der Waals surface area (Å²) in [5, 5.41) is 0. The number of nitrogens with zero attached hydrogens (tertiary/aromatic N) is 1. The normalized spacial score (nSPS) is 7.73. The molecule has 0 heterocycles. The van der Waals surface area contributed by atoms with Gasteiger partial charge in [0.25, 0.3) is 0 Å². The second-order valence-electron chi connectivity index (χ2n) is 1.76. The molecule has 0 rings (SSSR count). The molecule has 0 unspecified atom stereocenters. The van der Waals surface area contributed by atoms with E-state index < -0.39 is 0 Å². The average Bonchev–Trinajstić information content (AvgIpc) is 1.87. The van der Waals surface area contributed by atoms with Gasteiger partial charge in [-0.1, -0.05) is 24.4 Å². The van der Waals surface area contributed by atoms with Crippen molar-refractivity contribution in [2.75, 3.05) is 13.1 Å². The van der Waals surface area contributed by atoms with E-state index in [-0.39, 0.29) is 51.4 Å². The molecule has 0 aromatic carbocycles. The fraction of sp³-hybridized carbons (Fsp3) is 0.286. The van der Waals surface area contributed by atoms with Crippen LogP contribution in [0.25, 0.3) is 0 Å². The van der Waals surface area contributed by atoms with Crippen molar-refractivity contribution in [3.05, 3.63) is 25.3 Å². The molecule has 0 aliphatic heterocycles. The summed E-state index contributed by atoms with van der Waals surface area (Å²) in [5.41, 5.74) is 0. The van der Waals surface area contributed by atoms with Crippen LogP contribution in [0.1, 0.15) is 0 Å². The maximum atomic E-state index is 4.84. The van der Waals surface area contributed by atoms with Gasteiger partial charge in [-0.3, -0.25) is 0 Å². The number of hydrogen-bond acceptors (Lipinski definition) is 1. The van der Waals surface area contributed by atoms with Gasteiger partial charge in [-0.05, 0) is 0 Å². The molecule has 0 saturated carbocycles. The van der Waals surface area contributed by atoms with E-state index in [2.05, 4.69) is 25.8 Å². The van der Waals surface area contributed by atoms with Gasteiger partial charge in [0.15, 0.2) is 0 Å². The molecule has 0 spiro atoms. The Kier molecular flexibility index (Phi) is 12.8. The fourth-order valence-corrected chi connectivity index (χ4v) is 0.855. The second-order valence-corrected chi connectivity index (χ2v) is 2.88. The Morgan fingerprint density at radius 3 is 1.91 bits per heavy atom. The second kappa shape index (κ2) is 9.44. The van der Waals surface area contributed by atoms with Crippen molar-refractivity contribution in [3.63, 3.8) is 0 Å². The van der Waals surface area contributed by atoms with Crippen molar-refractivity contribution in [1.29, 1.82) is 0 Å². The Hall–Kier alpha value is 1.36. The molecular formula is C7H12KNS2. The topological polar surface area (TPSA) is 3.24 Å². The quantitative estimate of drug-likeness (QED) is 0.324. The van der Waals surface area contributed by atoms with Crippen LogP contribution < -0.4 is 0 Å². The standard InChI is InChI=1S/C7H11NS2.K.H/c1-3-5-8(6-4-2)7(9)10;;/h3-4H,1-2,5-6H2,(H,9,10);;. The average molecular weight is 213 g/mol. The zero-order valence-electron chi connectivity index (χ0n) is 5.79. The summed E-state index contributed by atoms with van der Waals surface area (Å²) in [6, 6.07) is 0. The molecule has 0 saturated heterocycles. The van der Waals surface area contributed by atoms with Gasteiger partial charge in [-0.15, -0.1) is 25.8 Å². The molecule has 0 radical (unpaired) electrons. The minimum atomic E-state index is 0. The van der Waals surface area contributed by atoms with Crippen molar-refractivity contribution in [1.82, 2.24) is 4.90 Å². The van der Waals surface area contributed by atoms with E-state index in [1.807, 2.05) is 4.90 Å². The minimum absolute atomic E-state index is 0. The first kappa shape index (κ1) is 14.9. The molecular weight excluding hydrogens is 201 g/mol. The third-order valence-corrected chi connectivity index (χ3v) is 1.51. The molecule has 0 aromatic rings. The van der Waals surface area contributed by atoms with Gasteiger partial charge in [0.2, 0.25) is 0 Å². The molecule has 1 nitrogen and oxygen atoms in total. The van der Waals surface area contributed by atoms with E-state index >= 15 is 0 Å². The van der Waals surface area contributed by atoms with Crippen LogP contribution in [-0.2, 0) is 0 Å². The van der Waals surface area contributed by atoms with E-state index in [0.717, 1.165) is 13.1 Å². The van der Waals surface area contributed by atoms with E-state index in [1.165, 1.54) is 0 Å². The summed E-state index contributed by atoms with van der Waals surface area (Å²) >= 11 is 8.87. The van der Waals surface area contributed by atoms with Crippen LogP contribution in [0.3, 0.4) is 0 Å². The Balaban J connectivity index is 0. The van der Waals surface area contributed by atoms with Crippen molar-refractivity contribution in [2.24, 2.45) is 0 Å². The van der Waals surface area contributed by atoms with Crippen LogP contribution in [0, 0.1) is 0 Å². The number of hydrogen-bond donors (Lipinski definition) is 1. The molecule has 0 bridgehead atoms. The van der Waals surface area contributed by atoms with Crippen molar-refractivity contribution < 1.29 is 0 Å². The maximum absolute atomic E-state index is 4.84. The van der Waals surface area contributed by atoms with E-state index in [1.54, 1.807) is 12.2 Å². The number of thiocarbonyl (C=S) groups is 1. The van der Waals surface area contributed by atoms with Gasteiger partial charge in [0.1, 0.15) is 4.32 Å². The van der Waals surface area contributed by atoms with Gasteiger partial charge < -0.3 is 4.90 Å². The molecule has 58 valence electrons. The summed E-state index contributed by atoms with van der Waals surface area (Å²) in [4.78, 5) is 1.89. The molecule has 0 aliphatic rings. The first-order chi connectivity index (χ1) is 4.72. The summed E-state index contributed by atoms with van der Waals surface area (Å²) < 4.78 is 0.583. The van der Waals surface area contributed by atoms with Gasteiger partial charge in [0.05, 0.1) is 0 Å². The number of rotatable bonds is 4. The van der Waals surface area contributed by atoms with E-state index in [9.17, 15) is 0 Å². The Morgan fingerprint density at radius 1 is 1.36 bits per heavy atom. The molecule has 0 aliphatic carbocycles. The Morgan fingerprint density at radius 2 is 1.73 bits per heavy atom. The molecule has 0 amide bonds. The van der Waals surface area contributed by atoms with Crippen molar-refractivity contribution in [2.45, 2.75) is 0 Å². The van der Waals surface area contributed by atoms with Crippen LogP contribution in [0.5, 0.6) is 0 Å². The van der Waals surface area contributed by atoms with E-state index in [4.69, 9.17) is 12.2 Å². The van der Waals surface area contributed by atoms with Gasteiger partial charge >= 0.3 is 51.4 Å². The molecule has 4 heteroatoms. The SMILES string of the molecule is C=CCN(CC=C)C(=S)S.[KH]. The Bertz CT molecular complexity index is 137. The van der Waals surface area contributed by atoms with Crippen LogP contribution in [-0.4, -0.2) is 73.7 Å². The summed E-state index contributed by atoms with van der Waals surface area (Å²) in [5.74, 6) is 0. The summed E-state index contributed by atoms with van der Waals surface area (Å²) in [6.07, 6.45) is 3.57. The third kappa shape index (κ3) is 7.71. The molecule has 0 aromatic heterocycles. The molecule has 11 heavy (non-hydrogen) atoms. The first-order valence-corrected chi connectivity index (χ1v) is 3.77. The van der Waals surface area contributed by atoms with E-state index in [0.29, 0.717) is 4.32 Å². The monoisotopic (exact) mass is 213 g/mol. The molecule has 0 fully saturated rings. The van der Waals surface area contributed by atoms with Gasteiger partial charge in [0, 0.05) is 13.1 Å². The predicted octanol–water partition coefficient (Wildman–Crippen LogP) is 1.23. The molecule has 0 atom stereocenters. The molecule has 0 N–H and O–H groups in total. The fourth-order valence-electron chi connectivity index (χ4n) is 0.542. The summed E-state index contributed by atoms with van der Waals surface area (Å²) in [7, 11) is 0.